The molecule has 3 rings (SSSR count). The number of thioether (sulfide) groups is 1. The quantitative estimate of drug-likeness (QED) is 0.755. The number of halogens is 1. The number of aliphatic imine (C=N–C) groups is 1. The highest BCUT2D eigenvalue weighted by atomic mass is 32.2. The van der Waals surface area contributed by atoms with Crippen LogP contribution in [0.4, 0.5) is 4.39 Å². The molecular formula is C17H19FN2S. The number of fused-ring (bicyclic) bond motifs is 1. The normalized spacial score (nSPS) is 20.3. The summed E-state index contributed by atoms with van der Waals surface area (Å²) in [5, 5.41) is 1.81. The molecule has 0 radical (unpaired) electrons. The lowest BCUT2D eigenvalue weighted by Crippen LogP contribution is -2.35. The van der Waals surface area contributed by atoms with E-state index in [4.69, 9.17) is 4.99 Å². The van der Waals surface area contributed by atoms with Crippen LogP contribution in [0.15, 0.2) is 35.5 Å². The maximum atomic E-state index is 13.7. The summed E-state index contributed by atoms with van der Waals surface area (Å²) in [6.45, 7) is 8.79. The van der Waals surface area contributed by atoms with Gasteiger partial charge in [-0.05, 0) is 32.4 Å². The summed E-state index contributed by atoms with van der Waals surface area (Å²) in [7, 11) is 0. The van der Waals surface area contributed by atoms with Crippen LogP contribution in [0.1, 0.15) is 39.7 Å². The zero-order chi connectivity index (χ0) is 15.3. The van der Waals surface area contributed by atoms with E-state index < -0.39 is 0 Å². The topological polar surface area (TPSA) is 25.2 Å². The lowest BCUT2D eigenvalue weighted by molar-refractivity contribution is 0.424. The molecule has 0 atom stereocenters. The summed E-state index contributed by atoms with van der Waals surface area (Å²) >= 11 is 1.77. The minimum absolute atomic E-state index is 0.0824. The fourth-order valence-corrected chi connectivity index (χ4v) is 4.51. The molecule has 0 N–H and O–H groups in total. The zero-order valence-corrected chi connectivity index (χ0v) is 13.6. The molecule has 0 saturated heterocycles. The van der Waals surface area contributed by atoms with Gasteiger partial charge in [-0.15, -0.1) is 0 Å². The Kier molecular flexibility index (Phi) is 3.32. The Labute approximate surface area is 128 Å². The lowest BCUT2D eigenvalue weighted by Gasteiger charge is -2.37. The van der Waals surface area contributed by atoms with Crippen molar-refractivity contribution >= 4 is 27.7 Å². The molecule has 0 spiro atoms. The van der Waals surface area contributed by atoms with Crippen LogP contribution in [-0.4, -0.2) is 20.3 Å². The van der Waals surface area contributed by atoms with Crippen molar-refractivity contribution in [3.8, 4) is 0 Å². The summed E-state index contributed by atoms with van der Waals surface area (Å²) in [4.78, 5) is 9.14. The summed E-state index contributed by atoms with van der Waals surface area (Å²) in [6, 6.07) is 7.02. The number of para-hydroxylation sites is 1. The van der Waals surface area contributed by atoms with Gasteiger partial charge in [-0.3, -0.25) is 9.98 Å². The third-order valence-electron chi connectivity index (χ3n) is 3.54. The van der Waals surface area contributed by atoms with Crippen molar-refractivity contribution in [3.05, 3.63) is 41.8 Å². The maximum Gasteiger partial charge on any atom is 0.149 e. The van der Waals surface area contributed by atoms with Crippen LogP contribution in [-0.2, 0) is 0 Å². The SMILES string of the molecule is CC1(C)CC(C)(C)SC(c2cnc3c(F)cccc3c2)=N1. The highest BCUT2D eigenvalue weighted by Crippen LogP contribution is 2.42. The minimum Gasteiger partial charge on any atom is -0.272 e. The van der Waals surface area contributed by atoms with Crippen molar-refractivity contribution in [2.24, 2.45) is 4.99 Å². The van der Waals surface area contributed by atoms with Gasteiger partial charge in [0.25, 0.3) is 0 Å². The molecule has 110 valence electrons. The predicted molar refractivity (Wildman–Crippen MR) is 88.6 cm³/mol. The Morgan fingerprint density at radius 1 is 1.19 bits per heavy atom. The Bertz CT molecular complexity index is 735. The first kappa shape index (κ1) is 14.5. The number of hydrogen-bond acceptors (Lipinski definition) is 3. The van der Waals surface area contributed by atoms with Gasteiger partial charge in [-0.1, -0.05) is 37.7 Å². The van der Waals surface area contributed by atoms with E-state index >= 15 is 0 Å². The summed E-state index contributed by atoms with van der Waals surface area (Å²) < 4.78 is 13.8. The lowest BCUT2D eigenvalue weighted by atomic mass is 9.92. The van der Waals surface area contributed by atoms with Gasteiger partial charge in [0.15, 0.2) is 0 Å². The molecule has 21 heavy (non-hydrogen) atoms. The number of hydrogen-bond donors (Lipinski definition) is 0. The highest BCUT2D eigenvalue weighted by molar-refractivity contribution is 8.15. The van der Waals surface area contributed by atoms with Gasteiger partial charge in [0.1, 0.15) is 16.4 Å². The standard InChI is InChI=1S/C17H19FN2S/c1-16(2)10-17(3,4)21-15(20-16)12-8-11-6-5-7-13(18)14(11)19-9-12/h5-9H,10H2,1-4H3. The molecule has 0 fully saturated rings. The fraction of sp³-hybridized carbons (Fsp3) is 0.412. The van der Waals surface area contributed by atoms with E-state index in [9.17, 15) is 4.39 Å². The molecule has 0 bridgehead atoms. The zero-order valence-electron chi connectivity index (χ0n) is 12.8. The Morgan fingerprint density at radius 2 is 1.95 bits per heavy atom. The molecule has 1 aliphatic rings. The van der Waals surface area contributed by atoms with E-state index in [1.807, 2.05) is 12.1 Å². The maximum absolute atomic E-state index is 13.7. The van der Waals surface area contributed by atoms with Crippen LogP contribution in [0.3, 0.4) is 0 Å². The molecule has 2 aromatic rings. The Hall–Kier alpha value is -1.42. The number of rotatable bonds is 1. The van der Waals surface area contributed by atoms with Gasteiger partial charge < -0.3 is 0 Å². The third kappa shape index (κ3) is 2.95. The van der Waals surface area contributed by atoms with E-state index in [1.165, 1.54) is 6.07 Å². The smallest absolute Gasteiger partial charge is 0.149 e. The second-order valence-electron chi connectivity index (χ2n) is 6.80. The number of benzene rings is 1. The Balaban J connectivity index is 2.10. The van der Waals surface area contributed by atoms with Crippen molar-refractivity contribution in [1.29, 1.82) is 0 Å². The van der Waals surface area contributed by atoms with Gasteiger partial charge in [-0.25, -0.2) is 4.39 Å². The molecule has 2 nitrogen and oxygen atoms in total. The van der Waals surface area contributed by atoms with Crippen molar-refractivity contribution in [3.63, 3.8) is 0 Å². The number of pyridine rings is 1. The van der Waals surface area contributed by atoms with Crippen molar-refractivity contribution in [1.82, 2.24) is 4.98 Å². The molecule has 0 amide bonds. The van der Waals surface area contributed by atoms with Crippen LogP contribution in [0.5, 0.6) is 0 Å². The van der Waals surface area contributed by atoms with Gasteiger partial charge in [0, 0.05) is 21.9 Å². The summed E-state index contributed by atoms with van der Waals surface area (Å²) in [5.41, 5.74) is 1.31. The van der Waals surface area contributed by atoms with Crippen LogP contribution < -0.4 is 0 Å². The van der Waals surface area contributed by atoms with Gasteiger partial charge in [0.05, 0.1) is 5.54 Å². The van der Waals surface area contributed by atoms with Crippen LogP contribution in [0.2, 0.25) is 0 Å². The molecule has 1 aromatic heterocycles. The highest BCUT2D eigenvalue weighted by Gasteiger charge is 2.35. The van der Waals surface area contributed by atoms with Crippen molar-refractivity contribution in [2.75, 3.05) is 0 Å². The first-order valence-electron chi connectivity index (χ1n) is 7.09. The molecule has 1 aliphatic heterocycles. The first-order valence-corrected chi connectivity index (χ1v) is 7.91. The average Bonchev–Trinajstić information content (AvgIpc) is 2.35. The summed E-state index contributed by atoms with van der Waals surface area (Å²) in [6.07, 6.45) is 2.76. The van der Waals surface area contributed by atoms with Crippen molar-refractivity contribution < 1.29 is 4.39 Å². The van der Waals surface area contributed by atoms with E-state index in [2.05, 4.69) is 32.7 Å². The van der Waals surface area contributed by atoms with E-state index in [0.717, 1.165) is 22.4 Å². The van der Waals surface area contributed by atoms with Gasteiger partial charge in [0.2, 0.25) is 0 Å². The summed E-state index contributed by atoms with van der Waals surface area (Å²) in [5.74, 6) is -0.280. The van der Waals surface area contributed by atoms with E-state index in [-0.39, 0.29) is 16.1 Å². The minimum atomic E-state index is -0.280. The molecule has 2 heterocycles. The monoisotopic (exact) mass is 302 g/mol. The van der Waals surface area contributed by atoms with Gasteiger partial charge >= 0.3 is 0 Å². The first-order chi connectivity index (χ1) is 9.76. The van der Waals surface area contributed by atoms with Gasteiger partial charge in [-0.2, -0.15) is 0 Å². The van der Waals surface area contributed by atoms with E-state index in [1.54, 1.807) is 24.0 Å². The molecule has 1 aromatic carbocycles. The van der Waals surface area contributed by atoms with E-state index in [0.29, 0.717) is 5.52 Å². The predicted octanol–water partition coefficient (Wildman–Crippen LogP) is 4.81. The molecule has 4 heteroatoms. The molecule has 0 saturated carbocycles. The Morgan fingerprint density at radius 3 is 2.67 bits per heavy atom. The number of nitrogens with zero attached hydrogens (tertiary/aromatic N) is 2. The number of aromatic nitrogens is 1. The average molecular weight is 302 g/mol. The van der Waals surface area contributed by atoms with Crippen LogP contribution in [0, 0.1) is 5.82 Å². The van der Waals surface area contributed by atoms with Crippen molar-refractivity contribution in [2.45, 2.75) is 44.4 Å². The molecule has 0 aliphatic carbocycles. The molecule has 0 unspecified atom stereocenters. The fourth-order valence-electron chi connectivity index (χ4n) is 3.04. The second-order valence-corrected chi connectivity index (χ2v) is 8.50. The second kappa shape index (κ2) is 4.80. The molecular weight excluding hydrogens is 283 g/mol. The largest absolute Gasteiger partial charge is 0.272 e. The van der Waals surface area contributed by atoms with Crippen LogP contribution in [0.25, 0.3) is 10.9 Å². The van der Waals surface area contributed by atoms with Crippen LogP contribution >= 0.6 is 11.8 Å². The third-order valence-corrected chi connectivity index (χ3v) is 4.76.